The number of nitrogens with zero attached hydrogens (tertiary/aromatic N) is 1. The van der Waals surface area contributed by atoms with E-state index in [2.05, 4.69) is 41.4 Å². The van der Waals surface area contributed by atoms with Gasteiger partial charge in [-0.2, -0.15) is 0 Å². The van der Waals surface area contributed by atoms with Crippen molar-refractivity contribution < 1.29 is 5.11 Å². The maximum atomic E-state index is 9.57. The molecule has 0 saturated carbocycles. The molecule has 3 heteroatoms. The highest BCUT2D eigenvalue weighted by atomic mass is 16.3. The first-order valence-electron chi connectivity index (χ1n) is 6.03. The van der Waals surface area contributed by atoms with Crippen molar-refractivity contribution in [2.75, 3.05) is 24.5 Å². The monoisotopic (exact) mass is 220 g/mol. The number of aliphatic hydroxyl groups excluding tert-OH is 1. The summed E-state index contributed by atoms with van der Waals surface area (Å²) in [7, 11) is 0. The number of anilines is 1. The molecule has 2 N–H and O–H groups in total. The molecule has 1 fully saturated rings. The van der Waals surface area contributed by atoms with Crippen molar-refractivity contribution in [3.05, 3.63) is 29.8 Å². The van der Waals surface area contributed by atoms with E-state index < -0.39 is 0 Å². The van der Waals surface area contributed by atoms with E-state index in [9.17, 15) is 5.11 Å². The minimum Gasteiger partial charge on any atom is -0.391 e. The van der Waals surface area contributed by atoms with Gasteiger partial charge in [0, 0.05) is 25.3 Å². The number of benzene rings is 1. The van der Waals surface area contributed by atoms with Gasteiger partial charge in [-0.25, -0.2) is 0 Å². The van der Waals surface area contributed by atoms with Gasteiger partial charge in [0.15, 0.2) is 0 Å². The van der Waals surface area contributed by atoms with E-state index in [4.69, 9.17) is 0 Å². The Labute approximate surface area is 97.1 Å². The lowest BCUT2D eigenvalue weighted by Crippen LogP contribution is -2.23. The van der Waals surface area contributed by atoms with E-state index in [0.717, 1.165) is 32.6 Å². The molecule has 0 amide bonds. The highest BCUT2D eigenvalue weighted by molar-refractivity contribution is 5.54. The van der Waals surface area contributed by atoms with E-state index in [0.29, 0.717) is 0 Å². The van der Waals surface area contributed by atoms with Crippen molar-refractivity contribution in [1.82, 2.24) is 5.32 Å². The molecule has 0 spiro atoms. The van der Waals surface area contributed by atoms with Crippen LogP contribution in [0.4, 0.5) is 5.69 Å². The summed E-state index contributed by atoms with van der Waals surface area (Å²) in [6.07, 6.45) is 0.724. The van der Waals surface area contributed by atoms with Crippen LogP contribution in [0.5, 0.6) is 0 Å². The summed E-state index contributed by atoms with van der Waals surface area (Å²) in [4.78, 5) is 2.28. The highest BCUT2D eigenvalue weighted by Gasteiger charge is 2.21. The first kappa shape index (κ1) is 11.4. The lowest BCUT2D eigenvalue weighted by Gasteiger charge is -2.21. The van der Waals surface area contributed by atoms with E-state index in [-0.39, 0.29) is 6.10 Å². The van der Waals surface area contributed by atoms with Gasteiger partial charge in [0.1, 0.15) is 0 Å². The fourth-order valence-electron chi connectivity index (χ4n) is 2.19. The third-order valence-electron chi connectivity index (χ3n) is 3.06. The van der Waals surface area contributed by atoms with Crippen molar-refractivity contribution >= 4 is 5.69 Å². The first-order valence-corrected chi connectivity index (χ1v) is 6.03. The lowest BCUT2D eigenvalue weighted by atomic mass is 10.1. The molecular weight excluding hydrogens is 200 g/mol. The summed E-state index contributed by atoms with van der Waals surface area (Å²) in [5, 5.41) is 12.9. The number of β-amino-alcohol motifs (C(OH)–C–C–N with tert-alkyl or cyclic N) is 1. The van der Waals surface area contributed by atoms with Crippen LogP contribution in [0.1, 0.15) is 18.9 Å². The molecule has 1 aromatic carbocycles. The molecule has 0 radical (unpaired) electrons. The van der Waals surface area contributed by atoms with Crippen molar-refractivity contribution in [2.45, 2.75) is 26.0 Å². The molecule has 1 heterocycles. The zero-order valence-corrected chi connectivity index (χ0v) is 9.82. The van der Waals surface area contributed by atoms with Crippen LogP contribution in [0.3, 0.4) is 0 Å². The van der Waals surface area contributed by atoms with Crippen molar-refractivity contribution in [1.29, 1.82) is 0 Å². The fourth-order valence-corrected chi connectivity index (χ4v) is 2.19. The van der Waals surface area contributed by atoms with Gasteiger partial charge in [0.2, 0.25) is 0 Å². The van der Waals surface area contributed by atoms with Crippen LogP contribution in [-0.2, 0) is 6.54 Å². The van der Waals surface area contributed by atoms with E-state index in [1.807, 2.05) is 0 Å². The van der Waals surface area contributed by atoms with Gasteiger partial charge in [-0.05, 0) is 24.6 Å². The summed E-state index contributed by atoms with van der Waals surface area (Å²) in [6, 6.07) is 8.44. The Bertz CT molecular complexity index is 340. The topological polar surface area (TPSA) is 35.5 Å². The number of nitrogens with one attached hydrogen (secondary N) is 1. The van der Waals surface area contributed by atoms with Gasteiger partial charge >= 0.3 is 0 Å². The smallest absolute Gasteiger partial charge is 0.0731 e. The summed E-state index contributed by atoms with van der Waals surface area (Å²) < 4.78 is 0. The summed E-state index contributed by atoms with van der Waals surface area (Å²) in [6.45, 7) is 5.73. The van der Waals surface area contributed by atoms with Crippen LogP contribution in [0, 0.1) is 0 Å². The van der Waals surface area contributed by atoms with Gasteiger partial charge in [0.05, 0.1) is 6.10 Å². The van der Waals surface area contributed by atoms with Crippen LogP contribution >= 0.6 is 0 Å². The number of hydrogen-bond acceptors (Lipinski definition) is 3. The molecule has 88 valence electrons. The third-order valence-corrected chi connectivity index (χ3v) is 3.06. The van der Waals surface area contributed by atoms with Gasteiger partial charge < -0.3 is 15.3 Å². The number of rotatable bonds is 4. The zero-order valence-electron chi connectivity index (χ0n) is 9.82. The molecule has 16 heavy (non-hydrogen) atoms. The van der Waals surface area contributed by atoms with Crippen LogP contribution in [0.25, 0.3) is 0 Å². The second kappa shape index (κ2) is 5.32. The minimum atomic E-state index is -0.160. The van der Waals surface area contributed by atoms with Crippen LogP contribution in [-0.4, -0.2) is 30.8 Å². The predicted octanol–water partition coefficient (Wildman–Crippen LogP) is 1.37. The standard InChI is InChI=1S/C13H20N2O/c1-2-14-9-11-5-3-4-6-13(11)15-8-7-12(16)10-15/h3-6,12,14,16H,2,7-10H2,1H3. The van der Waals surface area contributed by atoms with Crippen LogP contribution in [0.2, 0.25) is 0 Å². The van der Waals surface area contributed by atoms with Gasteiger partial charge in [-0.3, -0.25) is 0 Å². The average Bonchev–Trinajstić information content (AvgIpc) is 2.73. The van der Waals surface area contributed by atoms with E-state index in [1.165, 1.54) is 11.3 Å². The average molecular weight is 220 g/mol. The molecule has 1 aliphatic rings. The molecule has 1 saturated heterocycles. The summed E-state index contributed by atoms with van der Waals surface area (Å²) >= 11 is 0. The Morgan fingerprint density at radius 1 is 1.44 bits per heavy atom. The largest absolute Gasteiger partial charge is 0.391 e. The van der Waals surface area contributed by atoms with Crippen molar-refractivity contribution in [3.8, 4) is 0 Å². The SMILES string of the molecule is CCNCc1ccccc1N1CCC(O)C1. The number of hydrogen-bond donors (Lipinski definition) is 2. The van der Waals surface area contributed by atoms with E-state index in [1.54, 1.807) is 0 Å². The van der Waals surface area contributed by atoms with Crippen molar-refractivity contribution in [3.63, 3.8) is 0 Å². The molecule has 1 aromatic rings. The lowest BCUT2D eigenvalue weighted by molar-refractivity contribution is 0.198. The maximum Gasteiger partial charge on any atom is 0.0731 e. The second-order valence-corrected chi connectivity index (χ2v) is 4.30. The fraction of sp³-hybridized carbons (Fsp3) is 0.538. The predicted molar refractivity (Wildman–Crippen MR) is 66.7 cm³/mol. The minimum absolute atomic E-state index is 0.160. The summed E-state index contributed by atoms with van der Waals surface area (Å²) in [5.41, 5.74) is 2.58. The highest BCUT2D eigenvalue weighted by Crippen LogP contribution is 2.24. The van der Waals surface area contributed by atoms with Gasteiger partial charge in [-0.15, -0.1) is 0 Å². The Morgan fingerprint density at radius 3 is 2.94 bits per heavy atom. The Morgan fingerprint density at radius 2 is 2.25 bits per heavy atom. The molecule has 2 rings (SSSR count). The first-order chi connectivity index (χ1) is 7.81. The summed E-state index contributed by atoms with van der Waals surface area (Å²) in [5.74, 6) is 0. The molecule has 0 bridgehead atoms. The molecule has 0 aromatic heterocycles. The quantitative estimate of drug-likeness (QED) is 0.804. The van der Waals surface area contributed by atoms with Crippen LogP contribution in [0.15, 0.2) is 24.3 Å². The number of aliphatic hydroxyl groups is 1. The molecule has 1 aliphatic heterocycles. The Kier molecular flexibility index (Phi) is 3.80. The molecule has 0 aliphatic carbocycles. The van der Waals surface area contributed by atoms with Gasteiger partial charge in [-0.1, -0.05) is 25.1 Å². The second-order valence-electron chi connectivity index (χ2n) is 4.30. The molecule has 3 nitrogen and oxygen atoms in total. The van der Waals surface area contributed by atoms with Gasteiger partial charge in [0.25, 0.3) is 0 Å². The number of para-hydroxylation sites is 1. The van der Waals surface area contributed by atoms with Crippen molar-refractivity contribution in [2.24, 2.45) is 0 Å². The Balaban J connectivity index is 2.12. The Hall–Kier alpha value is -1.06. The molecule has 1 atom stereocenters. The van der Waals surface area contributed by atoms with Crippen LogP contribution < -0.4 is 10.2 Å². The van der Waals surface area contributed by atoms with E-state index >= 15 is 0 Å². The molecular formula is C13H20N2O. The normalized spacial score (nSPS) is 20.4. The third kappa shape index (κ3) is 2.54. The maximum absolute atomic E-state index is 9.57. The zero-order chi connectivity index (χ0) is 11.4. The molecule has 1 unspecified atom stereocenters.